The average molecular weight is 292 g/mol. The van der Waals surface area contributed by atoms with Gasteiger partial charge in [-0.2, -0.15) is 4.98 Å². The molecule has 6 nitrogen and oxygen atoms in total. The molecule has 0 saturated carbocycles. The van der Waals surface area contributed by atoms with Crippen molar-refractivity contribution in [2.75, 3.05) is 5.73 Å². The van der Waals surface area contributed by atoms with Gasteiger partial charge in [0.1, 0.15) is 0 Å². The van der Waals surface area contributed by atoms with Crippen molar-refractivity contribution in [1.29, 1.82) is 0 Å². The summed E-state index contributed by atoms with van der Waals surface area (Å²) < 4.78 is 1.44. The van der Waals surface area contributed by atoms with Gasteiger partial charge in [0.2, 0.25) is 5.95 Å². The van der Waals surface area contributed by atoms with Crippen LogP contribution in [0.25, 0.3) is 11.2 Å². The SMILES string of the molecule is Cc1ccc(Cn2c(N)nc3nc[nH]c3c2=O)cc1.Cl. The molecule has 3 aromatic rings. The molecule has 20 heavy (non-hydrogen) atoms. The quantitative estimate of drug-likeness (QED) is 0.748. The fourth-order valence-electron chi connectivity index (χ4n) is 1.97. The van der Waals surface area contributed by atoms with Gasteiger partial charge in [0, 0.05) is 0 Å². The van der Waals surface area contributed by atoms with E-state index in [9.17, 15) is 4.79 Å². The predicted molar refractivity (Wildman–Crippen MR) is 80.1 cm³/mol. The first kappa shape index (κ1) is 14.1. The normalized spacial score (nSPS) is 10.4. The Morgan fingerprint density at radius 3 is 2.70 bits per heavy atom. The molecule has 0 atom stereocenters. The fourth-order valence-corrected chi connectivity index (χ4v) is 1.97. The number of aromatic nitrogens is 4. The van der Waals surface area contributed by atoms with E-state index in [0.717, 1.165) is 5.56 Å². The number of anilines is 1. The Labute approximate surface area is 121 Å². The summed E-state index contributed by atoms with van der Waals surface area (Å²) in [6, 6.07) is 7.94. The third-order valence-electron chi connectivity index (χ3n) is 3.04. The summed E-state index contributed by atoms with van der Waals surface area (Å²) >= 11 is 0. The molecule has 7 heteroatoms. The van der Waals surface area contributed by atoms with Crippen LogP contribution in [-0.2, 0) is 6.54 Å². The minimum Gasteiger partial charge on any atom is -0.369 e. The van der Waals surface area contributed by atoms with Crippen LogP contribution in [0.2, 0.25) is 0 Å². The van der Waals surface area contributed by atoms with Crippen molar-refractivity contribution >= 4 is 29.5 Å². The molecule has 3 N–H and O–H groups in total. The Balaban J connectivity index is 0.00000147. The number of nitrogens with two attached hydrogens (primary N) is 1. The lowest BCUT2D eigenvalue weighted by molar-refractivity contribution is 0.761. The average Bonchev–Trinajstić information content (AvgIpc) is 2.85. The molecular weight excluding hydrogens is 278 g/mol. The second-order valence-electron chi connectivity index (χ2n) is 4.45. The summed E-state index contributed by atoms with van der Waals surface area (Å²) in [7, 11) is 0. The first-order valence-corrected chi connectivity index (χ1v) is 5.90. The molecule has 3 rings (SSSR count). The summed E-state index contributed by atoms with van der Waals surface area (Å²) in [5.41, 5.74) is 8.51. The van der Waals surface area contributed by atoms with Gasteiger partial charge in [-0.05, 0) is 12.5 Å². The van der Waals surface area contributed by atoms with Gasteiger partial charge in [-0.15, -0.1) is 12.4 Å². The van der Waals surface area contributed by atoms with E-state index in [1.807, 2.05) is 31.2 Å². The van der Waals surface area contributed by atoms with Crippen LogP contribution in [0.1, 0.15) is 11.1 Å². The number of H-pyrrole nitrogens is 1. The summed E-state index contributed by atoms with van der Waals surface area (Å²) in [6.45, 7) is 2.41. The van der Waals surface area contributed by atoms with Gasteiger partial charge in [0.15, 0.2) is 11.2 Å². The summed E-state index contributed by atoms with van der Waals surface area (Å²) in [5, 5.41) is 0. The zero-order valence-corrected chi connectivity index (χ0v) is 11.6. The van der Waals surface area contributed by atoms with Gasteiger partial charge in [0.05, 0.1) is 12.9 Å². The molecule has 0 unspecified atom stereocenters. The number of nitrogen functional groups attached to an aromatic ring is 1. The number of rotatable bonds is 2. The highest BCUT2D eigenvalue weighted by Gasteiger charge is 2.10. The molecule has 0 fully saturated rings. The van der Waals surface area contributed by atoms with E-state index in [-0.39, 0.29) is 23.9 Å². The van der Waals surface area contributed by atoms with Crippen molar-refractivity contribution < 1.29 is 0 Å². The number of hydrogen-bond donors (Lipinski definition) is 2. The van der Waals surface area contributed by atoms with Crippen LogP contribution >= 0.6 is 12.4 Å². The molecule has 2 heterocycles. The number of halogens is 1. The Hall–Kier alpha value is -2.34. The van der Waals surface area contributed by atoms with Crippen molar-refractivity contribution in [3.05, 3.63) is 52.1 Å². The van der Waals surface area contributed by atoms with Crippen LogP contribution in [0.5, 0.6) is 0 Å². The Morgan fingerprint density at radius 1 is 1.30 bits per heavy atom. The van der Waals surface area contributed by atoms with Crippen molar-refractivity contribution in [1.82, 2.24) is 19.5 Å². The number of nitrogens with one attached hydrogen (secondary N) is 1. The van der Waals surface area contributed by atoms with Gasteiger partial charge in [-0.25, -0.2) is 4.98 Å². The zero-order valence-electron chi connectivity index (χ0n) is 10.8. The Bertz CT molecular complexity index is 791. The van der Waals surface area contributed by atoms with Crippen LogP contribution in [-0.4, -0.2) is 19.5 Å². The zero-order chi connectivity index (χ0) is 13.4. The maximum atomic E-state index is 12.3. The van der Waals surface area contributed by atoms with E-state index in [0.29, 0.717) is 17.7 Å². The highest BCUT2D eigenvalue weighted by atomic mass is 35.5. The highest BCUT2D eigenvalue weighted by molar-refractivity contribution is 5.85. The summed E-state index contributed by atoms with van der Waals surface area (Å²) in [5.74, 6) is 0.171. The first-order valence-electron chi connectivity index (χ1n) is 5.90. The van der Waals surface area contributed by atoms with Crippen molar-refractivity contribution in [3.63, 3.8) is 0 Å². The number of fused-ring (bicyclic) bond motifs is 1. The van der Waals surface area contributed by atoms with E-state index in [2.05, 4.69) is 15.0 Å². The van der Waals surface area contributed by atoms with Crippen LogP contribution < -0.4 is 11.3 Å². The van der Waals surface area contributed by atoms with Crippen LogP contribution in [0.15, 0.2) is 35.4 Å². The molecule has 2 aromatic heterocycles. The lowest BCUT2D eigenvalue weighted by Gasteiger charge is -2.08. The molecule has 0 aliphatic carbocycles. The fraction of sp³-hybridized carbons (Fsp3) is 0.154. The van der Waals surface area contributed by atoms with Gasteiger partial charge in [0.25, 0.3) is 5.56 Å². The van der Waals surface area contributed by atoms with Crippen molar-refractivity contribution in [2.45, 2.75) is 13.5 Å². The monoisotopic (exact) mass is 291 g/mol. The van der Waals surface area contributed by atoms with E-state index in [1.54, 1.807) is 0 Å². The van der Waals surface area contributed by atoms with Gasteiger partial charge in [-0.1, -0.05) is 29.8 Å². The Kier molecular flexibility index (Phi) is 3.76. The molecule has 0 amide bonds. The molecule has 104 valence electrons. The lowest BCUT2D eigenvalue weighted by Crippen LogP contribution is -2.25. The topological polar surface area (TPSA) is 89.6 Å². The molecular formula is C13H14ClN5O. The van der Waals surface area contributed by atoms with E-state index < -0.39 is 0 Å². The number of nitrogens with zero attached hydrogens (tertiary/aromatic N) is 3. The third-order valence-corrected chi connectivity index (χ3v) is 3.04. The smallest absolute Gasteiger partial charge is 0.281 e. The largest absolute Gasteiger partial charge is 0.369 e. The number of hydrogen-bond acceptors (Lipinski definition) is 4. The van der Waals surface area contributed by atoms with Crippen molar-refractivity contribution in [3.8, 4) is 0 Å². The standard InChI is InChI=1S/C13H13N5O.ClH/c1-8-2-4-9(5-3-8)6-18-12(19)10-11(16-7-15-10)17-13(18)14;/h2-5,7H,6H2,1H3,(H2,14,17)(H,15,16);1H. The minimum atomic E-state index is -0.208. The second kappa shape index (κ2) is 5.34. The number of benzene rings is 1. The Morgan fingerprint density at radius 2 is 2.00 bits per heavy atom. The highest BCUT2D eigenvalue weighted by Crippen LogP contribution is 2.09. The van der Waals surface area contributed by atoms with E-state index in [4.69, 9.17) is 5.73 Å². The number of imidazole rings is 1. The first-order chi connectivity index (χ1) is 9.15. The van der Waals surface area contributed by atoms with E-state index >= 15 is 0 Å². The molecule has 0 bridgehead atoms. The predicted octanol–water partition coefficient (Wildman–Crippen LogP) is 1.48. The lowest BCUT2D eigenvalue weighted by atomic mass is 10.1. The molecule has 0 radical (unpaired) electrons. The summed E-state index contributed by atoms with van der Waals surface area (Å²) in [4.78, 5) is 23.1. The molecule has 1 aromatic carbocycles. The third kappa shape index (κ3) is 2.37. The van der Waals surface area contributed by atoms with Crippen LogP contribution in [0.4, 0.5) is 5.95 Å². The second-order valence-corrected chi connectivity index (χ2v) is 4.45. The molecule has 0 spiro atoms. The van der Waals surface area contributed by atoms with Crippen molar-refractivity contribution in [2.24, 2.45) is 0 Å². The summed E-state index contributed by atoms with van der Waals surface area (Å²) in [6.07, 6.45) is 1.44. The van der Waals surface area contributed by atoms with E-state index in [1.165, 1.54) is 16.5 Å². The van der Waals surface area contributed by atoms with Gasteiger partial charge in [-0.3, -0.25) is 9.36 Å². The minimum absolute atomic E-state index is 0. The van der Waals surface area contributed by atoms with Crippen LogP contribution in [0.3, 0.4) is 0 Å². The number of aromatic amines is 1. The maximum absolute atomic E-state index is 12.3. The maximum Gasteiger partial charge on any atom is 0.281 e. The van der Waals surface area contributed by atoms with Gasteiger partial charge >= 0.3 is 0 Å². The van der Waals surface area contributed by atoms with Crippen LogP contribution in [0, 0.1) is 6.92 Å². The number of aryl methyl sites for hydroxylation is 1. The molecule has 0 aliphatic rings. The molecule has 0 aliphatic heterocycles. The molecule has 0 saturated heterocycles. The van der Waals surface area contributed by atoms with Gasteiger partial charge < -0.3 is 10.7 Å².